The molecule has 0 atom stereocenters. The monoisotopic (exact) mass is 357 g/mol. The molecule has 136 valence electrons. The van der Waals surface area contributed by atoms with E-state index in [9.17, 15) is 0 Å². The first-order valence-corrected chi connectivity index (χ1v) is 8.89. The second-order valence-electron chi connectivity index (χ2n) is 6.37. The molecule has 0 amide bonds. The second kappa shape index (κ2) is 8.86. The Morgan fingerprint density at radius 1 is 0.778 bits per heavy atom. The molecular formula is C24H23NO2. The van der Waals surface area contributed by atoms with Gasteiger partial charge < -0.3 is 9.47 Å². The van der Waals surface area contributed by atoms with E-state index < -0.39 is 0 Å². The minimum absolute atomic E-state index is 0.458. The van der Waals surface area contributed by atoms with E-state index in [-0.39, 0.29) is 0 Å². The average molecular weight is 357 g/mol. The van der Waals surface area contributed by atoms with Crippen LogP contribution in [0.2, 0.25) is 0 Å². The lowest BCUT2D eigenvalue weighted by Crippen LogP contribution is -2.05. The maximum Gasteiger partial charge on any atom is 0.222 e. The molecule has 0 radical (unpaired) electrons. The van der Waals surface area contributed by atoms with E-state index in [1.165, 1.54) is 11.1 Å². The van der Waals surface area contributed by atoms with E-state index in [0.29, 0.717) is 5.90 Å². The first kappa shape index (κ1) is 18.5. The van der Waals surface area contributed by atoms with Gasteiger partial charge in [0.05, 0.1) is 11.9 Å². The average Bonchev–Trinajstić information content (AvgIpc) is 2.65. The van der Waals surface area contributed by atoms with Crippen LogP contribution in [0.25, 0.3) is 0 Å². The lowest BCUT2D eigenvalue weighted by Gasteiger charge is -2.08. The van der Waals surface area contributed by atoms with Crippen molar-refractivity contribution in [3.05, 3.63) is 102 Å². The predicted octanol–water partition coefficient (Wildman–Crippen LogP) is 6.31. The molecule has 0 bridgehead atoms. The van der Waals surface area contributed by atoms with Gasteiger partial charge in [0.15, 0.2) is 0 Å². The van der Waals surface area contributed by atoms with Crippen LogP contribution in [-0.2, 0) is 0 Å². The van der Waals surface area contributed by atoms with Crippen LogP contribution in [0, 0.1) is 20.8 Å². The Balaban J connectivity index is 1.85. The normalized spacial score (nSPS) is 11.6. The van der Waals surface area contributed by atoms with Crippen molar-refractivity contribution in [1.29, 1.82) is 0 Å². The molecule has 0 aliphatic heterocycles. The number of nitrogens with zero attached hydrogens (tertiary/aromatic N) is 1. The lowest BCUT2D eigenvalue weighted by molar-refractivity contribution is 0.479. The number of aryl methyl sites for hydroxylation is 3. The molecule has 0 aliphatic carbocycles. The molecule has 27 heavy (non-hydrogen) atoms. The van der Waals surface area contributed by atoms with Crippen LogP contribution in [0.15, 0.2) is 90.1 Å². The van der Waals surface area contributed by atoms with Gasteiger partial charge in [-0.15, -0.1) is 0 Å². The van der Waals surface area contributed by atoms with Gasteiger partial charge >= 0.3 is 0 Å². The Labute approximate surface area is 160 Å². The van der Waals surface area contributed by atoms with Crippen LogP contribution < -0.4 is 9.47 Å². The molecule has 0 fully saturated rings. The lowest BCUT2D eigenvalue weighted by atomic mass is 10.1. The van der Waals surface area contributed by atoms with Gasteiger partial charge in [0.1, 0.15) is 11.5 Å². The predicted molar refractivity (Wildman–Crippen MR) is 111 cm³/mol. The fraction of sp³-hybridized carbons (Fsp3) is 0.125. The molecule has 3 aromatic carbocycles. The molecule has 0 N–H and O–H groups in total. The van der Waals surface area contributed by atoms with E-state index in [0.717, 1.165) is 22.7 Å². The number of benzene rings is 3. The molecule has 0 heterocycles. The SMILES string of the molecule is Cc1cccc(OC(/C=C/Oc2ccccc2)=Nc2ccc(C)c(C)c2)c1. The summed E-state index contributed by atoms with van der Waals surface area (Å²) in [5, 5.41) is 0. The quantitative estimate of drug-likeness (QED) is 0.304. The molecule has 3 nitrogen and oxygen atoms in total. The summed E-state index contributed by atoms with van der Waals surface area (Å²) in [4.78, 5) is 4.64. The van der Waals surface area contributed by atoms with Crippen LogP contribution in [0.3, 0.4) is 0 Å². The van der Waals surface area contributed by atoms with Gasteiger partial charge in [-0.1, -0.05) is 36.4 Å². The summed E-state index contributed by atoms with van der Waals surface area (Å²) in [6.45, 7) is 6.19. The standard InChI is InChI=1S/C24H23NO2/c1-18-8-7-11-23(16-18)27-24(14-15-26-22-9-5-4-6-10-22)25-21-13-12-19(2)20(3)17-21/h4-17H,1-3H3/b15-14+,25-24?. The van der Waals surface area contributed by atoms with Gasteiger partial charge in [-0.2, -0.15) is 0 Å². The largest absolute Gasteiger partial charge is 0.465 e. The third-order valence-electron chi connectivity index (χ3n) is 4.10. The summed E-state index contributed by atoms with van der Waals surface area (Å²) in [6.07, 6.45) is 3.32. The summed E-state index contributed by atoms with van der Waals surface area (Å²) in [5.74, 6) is 1.96. The van der Waals surface area contributed by atoms with Crippen LogP contribution in [0.4, 0.5) is 5.69 Å². The highest BCUT2D eigenvalue weighted by Gasteiger charge is 2.03. The summed E-state index contributed by atoms with van der Waals surface area (Å²) >= 11 is 0. The zero-order valence-electron chi connectivity index (χ0n) is 15.8. The molecule has 0 saturated carbocycles. The van der Waals surface area contributed by atoms with Crippen LogP contribution in [0.5, 0.6) is 11.5 Å². The highest BCUT2D eigenvalue weighted by atomic mass is 16.5. The summed E-state index contributed by atoms with van der Waals surface area (Å²) in [6, 6.07) is 23.5. The molecule has 3 rings (SSSR count). The number of hydrogen-bond donors (Lipinski definition) is 0. The Morgan fingerprint density at radius 2 is 1.56 bits per heavy atom. The molecule has 0 aliphatic rings. The number of hydrogen-bond acceptors (Lipinski definition) is 3. The van der Waals surface area contributed by atoms with E-state index in [1.807, 2.05) is 73.7 Å². The number of para-hydroxylation sites is 1. The number of rotatable bonds is 5. The molecule has 0 unspecified atom stereocenters. The van der Waals surface area contributed by atoms with Gasteiger partial charge in [-0.05, 0) is 73.9 Å². The van der Waals surface area contributed by atoms with Gasteiger partial charge in [-0.3, -0.25) is 0 Å². The highest BCUT2D eigenvalue weighted by molar-refractivity contribution is 5.91. The smallest absolute Gasteiger partial charge is 0.222 e. The minimum Gasteiger partial charge on any atom is -0.465 e. The van der Waals surface area contributed by atoms with Gasteiger partial charge in [-0.25, -0.2) is 4.99 Å². The molecule has 0 aromatic heterocycles. The summed E-state index contributed by atoms with van der Waals surface area (Å²) < 4.78 is 11.6. The topological polar surface area (TPSA) is 30.8 Å². The van der Waals surface area contributed by atoms with E-state index in [1.54, 1.807) is 12.3 Å². The second-order valence-corrected chi connectivity index (χ2v) is 6.37. The Morgan fingerprint density at radius 3 is 2.30 bits per heavy atom. The Hall–Kier alpha value is -3.33. The van der Waals surface area contributed by atoms with Crippen molar-refractivity contribution >= 4 is 11.6 Å². The van der Waals surface area contributed by atoms with Gasteiger partial charge in [0.25, 0.3) is 0 Å². The van der Waals surface area contributed by atoms with E-state index in [2.05, 4.69) is 24.9 Å². The van der Waals surface area contributed by atoms with Crippen molar-refractivity contribution in [3.8, 4) is 11.5 Å². The van der Waals surface area contributed by atoms with Crippen molar-refractivity contribution in [2.45, 2.75) is 20.8 Å². The van der Waals surface area contributed by atoms with Crippen LogP contribution in [0.1, 0.15) is 16.7 Å². The van der Waals surface area contributed by atoms with Crippen molar-refractivity contribution in [2.75, 3.05) is 0 Å². The van der Waals surface area contributed by atoms with Gasteiger partial charge in [0.2, 0.25) is 5.90 Å². The molecule has 0 spiro atoms. The fourth-order valence-corrected chi connectivity index (χ4v) is 2.49. The molecule has 3 aromatic rings. The minimum atomic E-state index is 0.458. The maximum atomic E-state index is 5.99. The van der Waals surface area contributed by atoms with Crippen molar-refractivity contribution in [3.63, 3.8) is 0 Å². The molecule has 0 saturated heterocycles. The van der Waals surface area contributed by atoms with Crippen LogP contribution in [-0.4, -0.2) is 5.90 Å². The number of aliphatic imine (C=N–C) groups is 1. The zero-order chi connectivity index (χ0) is 19.1. The summed E-state index contributed by atoms with van der Waals surface area (Å²) in [5.41, 5.74) is 4.39. The highest BCUT2D eigenvalue weighted by Crippen LogP contribution is 2.19. The molecular weight excluding hydrogens is 334 g/mol. The Bertz CT molecular complexity index is 959. The summed E-state index contributed by atoms with van der Waals surface area (Å²) in [7, 11) is 0. The fourth-order valence-electron chi connectivity index (χ4n) is 2.49. The van der Waals surface area contributed by atoms with Crippen molar-refractivity contribution in [1.82, 2.24) is 0 Å². The third kappa shape index (κ3) is 5.58. The zero-order valence-corrected chi connectivity index (χ0v) is 15.8. The van der Waals surface area contributed by atoms with Gasteiger partial charge in [0, 0.05) is 6.08 Å². The maximum absolute atomic E-state index is 5.99. The molecule has 3 heteroatoms. The van der Waals surface area contributed by atoms with E-state index >= 15 is 0 Å². The Kier molecular flexibility index (Phi) is 6.06. The number of ether oxygens (including phenoxy) is 2. The van der Waals surface area contributed by atoms with Crippen LogP contribution >= 0.6 is 0 Å². The van der Waals surface area contributed by atoms with Crippen molar-refractivity contribution in [2.24, 2.45) is 4.99 Å². The van der Waals surface area contributed by atoms with E-state index in [4.69, 9.17) is 9.47 Å². The first-order valence-electron chi connectivity index (χ1n) is 8.89. The first-order chi connectivity index (χ1) is 13.1. The van der Waals surface area contributed by atoms with Crippen molar-refractivity contribution < 1.29 is 9.47 Å². The third-order valence-corrected chi connectivity index (χ3v) is 4.10.